The molecule has 0 spiro atoms. The minimum Gasteiger partial charge on any atom is -0.388 e. The molecule has 1 nitrogen and oxygen atoms in total. The van der Waals surface area contributed by atoms with Gasteiger partial charge >= 0.3 is 0 Å². The molecule has 0 aromatic heterocycles. The number of aliphatic hydroxyl groups is 1. The second-order valence-corrected chi connectivity index (χ2v) is 5.16. The minimum absolute atomic E-state index is 0.155. The van der Waals surface area contributed by atoms with Crippen LogP contribution in [0.15, 0.2) is 11.6 Å². The predicted molar refractivity (Wildman–Crippen MR) is 70.5 cm³/mol. The van der Waals surface area contributed by atoms with Crippen LogP contribution < -0.4 is 0 Å². The van der Waals surface area contributed by atoms with Crippen molar-refractivity contribution < 1.29 is 5.11 Å². The molecule has 0 saturated carbocycles. The normalized spacial score (nSPS) is 19.4. The van der Waals surface area contributed by atoms with E-state index in [1.54, 1.807) is 0 Å². The summed E-state index contributed by atoms with van der Waals surface area (Å²) in [5, 5.41) is 10.5. The lowest BCUT2D eigenvalue weighted by molar-refractivity contribution is 0.124. The molecular formula is C15H28O. The number of hydrogen-bond donors (Lipinski definition) is 1. The van der Waals surface area contributed by atoms with Crippen LogP contribution >= 0.6 is 0 Å². The van der Waals surface area contributed by atoms with E-state index in [0.29, 0.717) is 5.92 Å². The first-order chi connectivity index (χ1) is 7.79. The molecule has 0 bridgehead atoms. The Morgan fingerprint density at radius 2 is 1.81 bits per heavy atom. The van der Waals surface area contributed by atoms with Crippen molar-refractivity contribution in [3.63, 3.8) is 0 Å². The van der Waals surface area contributed by atoms with Crippen LogP contribution in [0.5, 0.6) is 0 Å². The van der Waals surface area contributed by atoms with Gasteiger partial charge in [-0.15, -0.1) is 0 Å². The first-order valence-electron chi connectivity index (χ1n) is 7.16. The highest BCUT2D eigenvalue weighted by Gasteiger charge is 2.21. The Bertz CT molecular complexity index is 201. The van der Waals surface area contributed by atoms with Crippen molar-refractivity contribution in [2.75, 3.05) is 0 Å². The van der Waals surface area contributed by atoms with E-state index in [1.807, 2.05) is 0 Å². The average molecular weight is 224 g/mol. The standard InChI is InChI=1S/C15H28O/c1-3-9-13(10-4-2)15(16)14-11-7-5-6-8-12-14/h11,13,15-16H,3-10,12H2,1-2H3. The van der Waals surface area contributed by atoms with Crippen LogP contribution in [0, 0.1) is 5.92 Å². The molecule has 1 aliphatic carbocycles. The zero-order chi connectivity index (χ0) is 11.8. The highest BCUT2D eigenvalue weighted by Crippen LogP contribution is 2.28. The lowest BCUT2D eigenvalue weighted by Crippen LogP contribution is -2.22. The van der Waals surface area contributed by atoms with Gasteiger partial charge in [-0.25, -0.2) is 0 Å². The molecule has 1 N–H and O–H groups in total. The number of rotatable bonds is 6. The molecule has 1 unspecified atom stereocenters. The SMILES string of the molecule is CCCC(CCC)C(O)C1=CCCCCC1. The third-order valence-electron chi connectivity index (χ3n) is 3.72. The van der Waals surface area contributed by atoms with Gasteiger partial charge in [0.05, 0.1) is 6.10 Å². The Labute approximate surface area is 101 Å². The number of aliphatic hydroxyl groups excluding tert-OH is 1. The van der Waals surface area contributed by atoms with Gasteiger partial charge in [0.15, 0.2) is 0 Å². The van der Waals surface area contributed by atoms with E-state index in [-0.39, 0.29) is 6.10 Å². The van der Waals surface area contributed by atoms with Gasteiger partial charge < -0.3 is 5.11 Å². The van der Waals surface area contributed by atoms with Gasteiger partial charge in [-0.2, -0.15) is 0 Å². The Kier molecular flexibility index (Phi) is 6.79. The summed E-state index contributed by atoms with van der Waals surface area (Å²) in [7, 11) is 0. The predicted octanol–water partition coefficient (Wildman–Crippen LogP) is 4.45. The molecule has 0 amide bonds. The van der Waals surface area contributed by atoms with Crippen LogP contribution in [-0.2, 0) is 0 Å². The summed E-state index contributed by atoms with van der Waals surface area (Å²) in [5.41, 5.74) is 1.34. The summed E-state index contributed by atoms with van der Waals surface area (Å²) >= 11 is 0. The summed E-state index contributed by atoms with van der Waals surface area (Å²) in [6.45, 7) is 4.44. The van der Waals surface area contributed by atoms with Gasteiger partial charge in [0.1, 0.15) is 0 Å². The summed E-state index contributed by atoms with van der Waals surface area (Å²) in [6, 6.07) is 0. The van der Waals surface area contributed by atoms with Crippen molar-refractivity contribution in [2.24, 2.45) is 5.92 Å². The Morgan fingerprint density at radius 1 is 1.12 bits per heavy atom. The fraction of sp³-hybridized carbons (Fsp3) is 0.867. The molecule has 16 heavy (non-hydrogen) atoms. The van der Waals surface area contributed by atoms with Gasteiger partial charge in [0.2, 0.25) is 0 Å². The molecule has 1 rings (SSSR count). The molecule has 0 fully saturated rings. The largest absolute Gasteiger partial charge is 0.388 e. The highest BCUT2D eigenvalue weighted by molar-refractivity contribution is 5.10. The van der Waals surface area contributed by atoms with E-state index >= 15 is 0 Å². The molecule has 0 heterocycles. The maximum absolute atomic E-state index is 10.5. The average Bonchev–Trinajstić information content (AvgIpc) is 2.56. The van der Waals surface area contributed by atoms with Gasteiger partial charge in [-0.1, -0.05) is 39.2 Å². The van der Waals surface area contributed by atoms with Crippen LogP contribution in [0.3, 0.4) is 0 Å². The molecule has 0 aliphatic heterocycles. The summed E-state index contributed by atoms with van der Waals surface area (Å²) in [5.74, 6) is 0.499. The van der Waals surface area contributed by atoms with Gasteiger partial charge in [-0.05, 0) is 50.0 Å². The quantitative estimate of drug-likeness (QED) is 0.661. The van der Waals surface area contributed by atoms with Crippen LogP contribution in [0.4, 0.5) is 0 Å². The van der Waals surface area contributed by atoms with Gasteiger partial charge in [-0.3, -0.25) is 0 Å². The Balaban J connectivity index is 2.56. The molecule has 1 atom stereocenters. The third kappa shape index (κ3) is 4.29. The van der Waals surface area contributed by atoms with Crippen molar-refractivity contribution in [3.05, 3.63) is 11.6 Å². The molecule has 94 valence electrons. The van der Waals surface area contributed by atoms with Gasteiger partial charge in [0, 0.05) is 0 Å². The van der Waals surface area contributed by atoms with E-state index in [0.717, 1.165) is 6.42 Å². The monoisotopic (exact) mass is 224 g/mol. The Hall–Kier alpha value is -0.300. The summed E-state index contributed by atoms with van der Waals surface area (Å²) in [6.07, 6.45) is 13.1. The first-order valence-corrected chi connectivity index (χ1v) is 7.16. The third-order valence-corrected chi connectivity index (χ3v) is 3.72. The van der Waals surface area contributed by atoms with Crippen LogP contribution in [0.1, 0.15) is 71.6 Å². The van der Waals surface area contributed by atoms with Crippen LogP contribution in [-0.4, -0.2) is 11.2 Å². The lowest BCUT2D eigenvalue weighted by atomic mass is 9.86. The van der Waals surface area contributed by atoms with E-state index in [2.05, 4.69) is 19.9 Å². The second kappa shape index (κ2) is 7.89. The van der Waals surface area contributed by atoms with E-state index in [1.165, 1.54) is 56.9 Å². The maximum atomic E-state index is 10.5. The fourth-order valence-corrected chi connectivity index (χ4v) is 2.81. The molecule has 0 aromatic carbocycles. The van der Waals surface area contributed by atoms with E-state index in [4.69, 9.17) is 0 Å². The van der Waals surface area contributed by atoms with Gasteiger partial charge in [0.25, 0.3) is 0 Å². The number of allylic oxidation sites excluding steroid dienone is 1. The molecule has 0 aromatic rings. The van der Waals surface area contributed by atoms with Crippen molar-refractivity contribution in [2.45, 2.75) is 77.7 Å². The van der Waals surface area contributed by atoms with E-state index in [9.17, 15) is 5.11 Å². The zero-order valence-electron chi connectivity index (χ0n) is 11.0. The molecule has 1 heteroatoms. The molecular weight excluding hydrogens is 196 g/mol. The smallest absolute Gasteiger partial charge is 0.0778 e. The topological polar surface area (TPSA) is 20.2 Å². The molecule has 0 radical (unpaired) electrons. The minimum atomic E-state index is -0.155. The van der Waals surface area contributed by atoms with E-state index < -0.39 is 0 Å². The zero-order valence-corrected chi connectivity index (χ0v) is 11.0. The Morgan fingerprint density at radius 3 is 2.44 bits per heavy atom. The van der Waals surface area contributed by atoms with Crippen LogP contribution in [0.2, 0.25) is 0 Å². The summed E-state index contributed by atoms with van der Waals surface area (Å²) in [4.78, 5) is 0. The molecule has 0 saturated heterocycles. The second-order valence-electron chi connectivity index (χ2n) is 5.16. The van der Waals surface area contributed by atoms with Crippen molar-refractivity contribution >= 4 is 0 Å². The molecule has 1 aliphatic rings. The fourth-order valence-electron chi connectivity index (χ4n) is 2.81. The van der Waals surface area contributed by atoms with Crippen molar-refractivity contribution in [3.8, 4) is 0 Å². The lowest BCUT2D eigenvalue weighted by Gasteiger charge is -2.24. The van der Waals surface area contributed by atoms with Crippen molar-refractivity contribution in [1.82, 2.24) is 0 Å². The van der Waals surface area contributed by atoms with Crippen LogP contribution in [0.25, 0.3) is 0 Å². The number of hydrogen-bond acceptors (Lipinski definition) is 1. The highest BCUT2D eigenvalue weighted by atomic mass is 16.3. The maximum Gasteiger partial charge on any atom is 0.0778 e. The van der Waals surface area contributed by atoms with Crippen molar-refractivity contribution in [1.29, 1.82) is 0 Å². The first kappa shape index (κ1) is 13.8. The summed E-state index contributed by atoms with van der Waals surface area (Å²) < 4.78 is 0.